The van der Waals surface area contributed by atoms with E-state index in [1.807, 2.05) is 0 Å². The minimum atomic E-state index is -1.90. The van der Waals surface area contributed by atoms with Crippen LogP contribution in [0.5, 0.6) is 0 Å². The van der Waals surface area contributed by atoms with Crippen LogP contribution in [-0.2, 0) is 4.12 Å². The third-order valence-corrected chi connectivity index (χ3v) is 29.9. The summed E-state index contributed by atoms with van der Waals surface area (Å²) < 4.78 is 8.43. The van der Waals surface area contributed by atoms with Gasteiger partial charge in [0.25, 0.3) is 0 Å². The maximum absolute atomic E-state index is 7.70. The van der Waals surface area contributed by atoms with Crippen molar-refractivity contribution in [1.82, 2.24) is 0 Å². The lowest BCUT2D eigenvalue weighted by atomic mass is 10.1. The molecule has 0 aromatic heterocycles. The van der Waals surface area contributed by atoms with Gasteiger partial charge in [0.1, 0.15) is 0 Å². The number of thioether (sulfide) groups is 4. The molecule has 2 rings (SSSR count). The summed E-state index contributed by atoms with van der Waals surface area (Å²) in [7, 11) is -3.80. The summed E-state index contributed by atoms with van der Waals surface area (Å²) in [6.45, 7) is 15.1. The second-order valence-corrected chi connectivity index (χ2v) is 27.9. The molecule has 2 saturated heterocycles. The van der Waals surface area contributed by atoms with E-state index in [9.17, 15) is 0 Å². The molecule has 1 nitrogen and oxygen atoms in total. The van der Waals surface area contributed by atoms with Crippen molar-refractivity contribution in [3.8, 4) is 0 Å². The lowest BCUT2D eigenvalue weighted by molar-refractivity contribution is 0.497. The molecule has 0 amide bonds. The monoisotopic (exact) mass is 594 g/mol. The first kappa shape index (κ1) is 33.0. The van der Waals surface area contributed by atoms with Crippen LogP contribution in [0.2, 0.25) is 26.2 Å². The van der Waals surface area contributed by atoms with Crippen molar-refractivity contribution < 1.29 is 4.12 Å². The summed E-state index contributed by atoms with van der Waals surface area (Å²) >= 11 is 9.24. The van der Waals surface area contributed by atoms with Gasteiger partial charge in [-0.3, -0.25) is 0 Å². The molecule has 0 aromatic rings. The van der Waals surface area contributed by atoms with Crippen LogP contribution in [0.3, 0.4) is 0 Å². The highest BCUT2D eigenvalue weighted by molar-refractivity contribution is 8.22. The Hall–Kier alpha value is 1.79. The molecule has 0 N–H and O–H groups in total. The zero-order valence-electron chi connectivity index (χ0n) is 24.2. The Morgan fingerprint density at radius 3 is 1.17 bits per heavy atom. The smallest absolute Gasteiger partial charge is 0.199 e. The topological polar surface area (TPSA) is 9.23 Å². The summed E-state index contributed by atoms with van der Waals surface area (Å²) in [6.07, 6.45) is 22.4. The normalized spacial score (nSPS) is 20.7. The van der Waals surface area contributed by atoms with E-state index in [4.69, 9.17) is 4.12 Å². The van der Waals surface area contributed by atoms with Crippen LogP contribution in [-0.4, -0.2) is 47.1 Å². The average Bonchev–Trinajstić information content (AvgIpc) is 2.84. The molecule has 2 heterocycles. The summed E-state index contributed by atoms with van der Waals surface area (Å²) in [5.74, 6) is 5.38. The molecule has 0 spiro atoms. The van der Waals surface area contributed by atoms with Crippen LogP contribution in [0.1, 0.15) is 117 Å². The standard InChI is InChI=1S/C28H58OS4Si2/c1-7-9-11-13-15-17-21-27(30-23-19-24-31-27)34(3,4)29-35(5,6)28(32-25-20-26-33-28)22-18-16-14-12-10-8-2/h7-26H2,1-6H3. The molecule has 2 aliphatic rings. The molecule has 35 heavy (non-hydrogen) atoms. The number of unbranched alkanes of at least 4 members (excludes halogenated alkanes) is 10. The largest absolute Gasteiger partial charge is 0.453 e. The summed E-state index contributed by atoms with van der Waals surface area (Å²) in [5, 5.41) is 0. The lowest BCUT2D eigenvalue weighted by Gasteiger charge is -2.54. The molecule has 0 aromatic carbocycles. The fourth-order valence-corrected chi connectivity index (χ4v) is 27.7. The van der Waals surface area contributed by atoms with Crippen LogP contribution in [0, 0.1) is 0 Å². The molecule has 2 fully saturated rings. The van der Waals surface area contributed by atoms with Crippen LogP contribution in [0.15, 0.2) is 0 Å². The van der Waals surface area contributed by atoms with Gasteiger partial charge in [-0.2, -0.15) is 0 Å². The van der Waals surface area contributed by atoms with E-state index in [2.05, 4.69) is 87.1 Å². The predicted molar refractivity (Wildman–Crippen MR) is 177 cm³/mol. The van der Waals surface area contributed by atoms with E-state index >= 15 is 0 Å². The molecular weight excluding hydrogens is 537 g/mol. The van der Waals surface area contributed by atoms with E-state index in [-0.39, 0.29) is 0 Å². The molecular formula is C28H58OS4Si2. The van der Waals surface area contributed by atoms with Crippen LogP contribution < -0.4 is 0 Å². The Kier molecular flexibility index (Phi) is 15.8. The molecule has 208 valence electrons. The minimum absolute atomic E-state index is 0.367. The molecule has 2 aliphatic heterocycles. The van der Waals surface area contributed by atoms with Gasteiger partial charge in [-0.15, -0.1) is 47.0 Å². The van der Waals surface area contributed by atoms with Crippen LogP contribution >= 0.6 is 47.0 Å². The lowest BCUT2D eigenvalue weighted by Crippen LogP contribution is -2.64. The first-order valence-electron chi connectivity index (χ1n) is 15.0. The number of rotatable bonds is 18. The molecule has 0 bridgehead atoms. The van der Waals surface area contributed by atoms with E-state index < -0.39 is 16.6 Å². The summed E-state index contributed by atoms with van der Waals surface area (Å²) in [4.78, 5) is 0. The van der Waals surface area contributed by atoms with Gasteiger partial charge in [0, 0.05) is 0 Å². The summed E-state index contributed by atoms with van der Waals surface area (Å²) in [6, 6.07) is 0. The van der Waals surface area contributed by atoms with Gasteiger partial charge in [-0.05, 0) is 74.9 Å². The second-order valence-electron chi connectivity index (χ2n) is 11.8. The Morgan fingerprint density at radius 2 is 0.829 bits per heavy atom. The number of hydrogen-bond acceptors (Lipinski definition) is 5. The highest BCUT2D eigenvalue weighted by Crippen LogP contribution is 2.57. The predicted octanol–water partition coefficient (Wildman–Crippen LogP) is 11.1. The molecule has 7 heteroatoms. The minimum Gasteiger partial charge on any atom is -0.453 e. The zero-order chi connectivity index (χ0) is 25.7. The van der Waals surface area contributed by atoms with Crippen molar-refractivity contribution in [1.29, 1.82) is 0 Å². The second kappa shape index (κ2) is 16.8. The van der Waals surface area contributed by atoms with E-state index in [1.165, 1.54) is 126 Å². The Bertz CT molecular complexity index is 513. The molecule has 0 saturated carbocycles. The third-order valence-electron chi connectivity index (χ3n) is 7.98. The van der Waals surface area contributed by atoms with Gasteiger partial charge in [0.15, 0.2) is 16.6 Å². The SMILES string of the molecule is CCCCCCCCC1([Si](C)(C)O[Si](C)(C)C2(CCCCCCCC)SCCCS2)SCCCS1. The van der Waals surface area contributed by atoms with Gasteiger partial charge in [-0.25, -0.2) is 0 Å². The van der Waals surface area contributed by atoms with Gasteiger partial charge in [0.05, 0.1) is 7.40 Å². The van der Waals surface area contributed by atoms with E-state index in [0.29, 0.717) is 7.40 Å². The average molecular weight is 595 g/mol. The fourth-order valence-electron chi connectivity index (χ4n) is 5.80. The molecule has 0 aliphatic carbocycles. The van der Waals surface area contributed by atoms with Crippen LogP contribution in [0.4, 0.5) is 0 Å². The van der Waals surface area contributed by atoms with Crippen molar-refractivity contribution >= 4 is 63.7 Å². The fraction of sp³-hybridized carbons (Fsp3) is 1.00. The Balaban J connectivity index is 2.07. The van der Waals surface area contributed by atoms with Gasteiger partial charge in [-0.1, -0.05) is 90.9 Å². The zero-order valence-corrected chi connectivity index (χ0v) is 29.4. The van der Waals surface area contributed by atoms with E-state index in [0.717, 1.165) is 0 Å². The van der Waals surface area contributed by atoms with Crippen molar-refractivity contribution in [2.45, 2.75) is 150 Å². The Labute approximate surface area is 239 Å². The summed E-state index contributed by atoms with van der Waals surface area (Å²) in [5.41, 5.74) is 0. The maximum atomic E-state index is 7.70. The first-order valence-corrected chi connectivity index (χ1v) is 24.8. The van der Waals surface area contributed by atoms with Gasteiger partial charge in [0.2, 0.25) is 0 Å². The van der Waals surface area contributed by atoms with E-state index in [1.54, 1.807) is 0 Å². The molecule has 0 unspecified atom stereocenters. The van der Waals surface area contributed by atoms with Crippen molar-refractivity contribution in [2.75, 3.05) is 23.0 Å². The van der Waals surface area contributed by atoms with Crippen LogP contribution in [0.25, 0.3) is 0 Å². The molecule has 0 radical (unpaired) electrons. The highest BCUT2D eigenvalue weighted by Gasteiger charge is 2.57. The quantitative estimate of drug-likeness (QED) is 0.115. The maximum Gasteiger partial charge on any atom is 0.199 e. The van der Waals surface area contributed by atoms with Gasteiger partial charge >= 0.3 is 0 Å². The number of hydrogen-bond donors (Lipinski definition) is 0. The Morgan fingerprint density at radius 1 is 0.514 bits per heavy atom. The van der Waals surface area contributed by atoms with Crippen molar-refractivity contribution in [2.24, 2.45) is 0 Å². The van der Waals surface area contributed by atoms with Crippen molar-refractivity contribution in [3.05, 3.63) is 0 Å². The van der Waals surface area contributed by atoms with Crippen molar-refractivity contribution in [3.63, 3.8) is 0 Å². The highest BCUT2D eigenvalue weighted by atomic mass is 32.2. The first-order chi connectivity index (χ1) is 16.7. The third kappa shape index (κ3) is 10.0. The van der Waals surface area contributed by atoms with Gasteiger partial charge < -0.3 is 4.12 Å². The molecule has 0 atom stereocenters.